The first-order valence-corrected chi connectivity index (χ1v) is 5.65. The number of carbonyl (C=O) groups is 3. The molecule has 92 valence electrons. The summed E-state index contributed by atoms with van der Waals surface area (Å²) in [5, 5.41) is 2.60. The second-order valence-corrected chi connectivity index (χ2v) is 4.24. The number of anilines is 1. The van der Waals surface area contributed by atoms with Crippen LogP contribution in [-0.4, -0.2) is 41.9 Å². The van der Waals surface area contributed by atoms with Gasteiger partial charge in [-0.25, -0.2) is 9.69 Å². The summed E-state index contributed by atoms with van der Waals surface area (Å²) in [6, 6.07) is 7.73. The Morgan fingerprint density at radius 1 is 1.11 bits per heavy atom. The first-order chi connectivity index (χ1) is 8.68. The van der Waals surface area contributed by atoms with Gasteiger partial charge in [0.1, 0.15) is 12.6 Å². The molecule has 0 radical (unpaired) electrons. The number of nitrogens with one attached hydrogen (secondary N) is 1. The van der Waals surface area contributed by atoms with Crippen molar-refractivity contribution in [3.63, 3.8) is 0 Å². The molecule has 1 unspecified atom stereocenters. The molecule has 2 saturated heterocycles. The van der Waals surface area contributed by atoms with E-state index in [-0.39, 0.29) is 24.9 Å². The van der Waals surface area contributed by atoms with Crippen LogP contribution in [0.5, 0.6) is 0 Å². The third-order valence-corrected chi connectivity index (χ3v) is 3.14. The standard InChI is InChI=1S/C12H11N3O3/c16-10-7-14-9(6-13-10)11(17)15(12(14)18)8-4-2-1-3-5-8/h1-5,9H,6-7H2,(H,13,16). The van der Waals surface area contributed by atoms with Crippen molar-refractivity contribution in [2.45, 2.75) is 6.04 Å². The van der Waals surface area contributed by atoms with Gasteiger partial charge >= 0.3 is 6.03 Å². The maximum absolute atomic E-state index is 12.2. The second-order valence-electron chi connectivity index (χ2n) is 4.24. The number of imide groups is 1. The summed E-state index contributed by atoms with van der Waals surface area (Å²) >= 11 is 0. The van der Waals surface area contributed by atoms with Crippen LogP contribution in [0.3, 0.4) is 0 Å². The third kappa shape index (κ3) is 1.46. The minimum atomic E-state index is -0.574. The fourth-order valence-corrected chi connectivity index (χ4v) is 2.25. The lowest BCUT2D eigenvalue weighted by atomic mass is 10.2. The molecule has 1 aromatic carbocycles. The Kier molecular flexibility index (Phi) is 2.29. The van der Waals surface area contributed by atoms with Gasteiger partial charge in [-0.15, -0.1) is 0 Å². The molecule has 0 spiro atoms. The molecule has 1 atom stereocenters. The van der Waals surface area contributed by atoms with Crippen LogP contribution in [0.4, 0.5) is 10.5 Å². The molecule has 4 amide bonds. The van der Waals surface area contributed by atoms with E-state index in [1.807, 2.05) is 6.07 Å². The number of piperazine rings is 1. The molecule has 2 fully saturated rings. The molecule has 0 saturated carbocycles. The number of amides is 4. The van der Waals surface area contributed by atoms with Crippen molar-refractivity contribution in [3.8, 4) is 0 Å². The summed E-state index contributed by atoms with van der Waals surface area (Å²) in [7, 11) is 0. The van der Waals surface area contributed by atoms with E-state index in [2.05, 4.69) is 5.32 Å². The summed E-state index contributed by atoms with van der Waals surface area (Å²) in [4.78, 5) is 38.0. The molecule has 6 nitrogen and oxygen atoms in total. The van der Waals surface area contributed by atoms with Crippen LogP contribution < -0.4 is 10.2 Å². The van der Waals surface area contributed by atoms with Crippen molar-refractivity contribution in [2.75, 3.05) is 18.0 Å². The van der Waals surface area contributed by atoms with Gasteiger partial charge in [-0.1, -0.05) is 18.2 Å². The van der Waals surface area contributed by atoms with Crippen LogP contribution in [0, 0.1) is 0 Å². The summed E-state index contributed by atoms with van der Waals surface area (Å²) in [6.45, 7) is 0.130. The van der Waals surface area contributed by atoms with E-state index in [9.17, 15) is 14.4 Å². The summed E-state index contributed by atoms with van der Waals surface area (Å²) in [5.41, 5.74) is 0.536. The maximum Gasteiger partial charge on any atom is 0.332 e. The number of urea groups is 1. The quantitative estimate of drug-likeness (QED) is 0.705. The van der Waals surface area contributed by atoms with E-state index in [4.69, 9.17) is 0 Å². The number of hydrogen-bond donors (Lipinski definition) is 1. The molecule has 3 rings (SSSR count). The predicted octanol–water partition coefficient (Wildman–Crippen LogP) is -0.0464. The van der Waals surface area contributed by atoms with Gasteiger partial charge in [0.15, 0.2) is 0 Å². The van der Waals surface area contributed by atoms with Crippen LogP contribution in [0.2, 0.25) is 0 Å². The highest BCUT2D eigenvalue weighted by Crippen LogP contribution is 2.25. The molecule has 0 aromatic heterocycles. The van der Waals surface area contributed by atoms with E-state index < -0.39 is 12.1 Å². The zero-order valence-corrected chi connectivity index (χ0v) is 9.50. The third-order valence-electron chi connectivity index (χ3n) is 3.14. The van der Waals surface area contributed by atoms with Crippen molar-refractivity contribution in [2.24, 2.45) is 0 Å². The van der Waals surface area contributed by atoms with Crippen molar-refractivity contribution < 1.29 is 14.4 Å². The predicted molar refractivity (Wildman–Crippen MR) is 62.8 cm³/mol. The van der Waals surface area contributed by atoms with Crippen molar-refractivity contribution >= 4 is 23.5 Å². The number of fused-ring (bicyclic) bond motifs is 1. The summed E-state index contributed by atoms with van der Waals surface area (Å²) in [5.74, 6) is -0.520. The Morgan fingerprint density at radius 3 is 2.56 bits per heavy atom. The minimum absolute atomic E-state index is 0.0570. The largest absolute Gasteiger partial charge is 0.352 e. The van der Waals surface area contributed by atoms with Gasteiger partial charge in [0.25, 0.3) is 5.91 Å². The number of benzene rings is 1. The smallest absolute Gasteiger partial charge is 0.332 e. The van der Waals surface area contributed by atoms with Crippen molar-refractivity contribution in [1.29, 1.82) is 0 Å². The van der Waals surface area contributed by atoms with Crippen LogP contribution >= 0.6 is 0 Å². The molecule has 6 heteroatoms. The van der Waals surface area contributed by atoms with Gasteiger partial charge in [-0.05, 0) is 12.1 Å². The molecule has 2 heterocycles. The topological polar surface area (TPSA) is 69.7 Å². The average Bonchev–Trinajstić information content (AvgIpc) is 2.63. The highest BCUT2D eigenvalue weighted by molar-refractivity contribution is 6.22. The van der Waals surface area contributed by atoms with Crippen LogP contribution in [0.25, 0.3) is 0 Å². The molecule has 2 aliphatic heterocycles. The zero-order valence-electron chi connectivity index (χ0n) is 9.50. The summed E-state index contributed by atoms with van der Waals surface area (Å²) < 4.78 is 0. The molecule has 0 aliphatic carbocycles. The fraction of sp³-hybridized carbons (Fsp3) is 0.250. The monoisotopic (exact) mass is 245 g/mol. The normalized spacial score (nSPS) is 23.1. The number of rotatable bonds is 1. The van der Waals surface area contributed by atoms with Gasteiger partial charge in [0.2, 0.25) is 5.91 Å². The maximum atomic E-state index is 12.2. The Bertz CT molecular complexity index is 529. The lowest BCUT2D eigenvalue weighted by Crippen LogP contribution is -2.54. The molecule has 18 heavy (non-hydrogen) atoms. The molecule has 2 aliphatic rings. The Morgan fingerprint density at radius 2 is 1.83 bits per heavy atom. The lowest BCUT2D eigenvalue weighted by molar-refractivity contribution is -0.126. The van der Waals surface area contributed by atoms with Crippen molar-refractivity contribution in [3.05, 3.63) is 30.3 Å². The highest BCUT2D eigenvalue weighted by atomic mass is 16.2. The van der Waals surface area contributed by atoms with Gasteiger partial charge in [-0.3, -0.25) is 9.59 Å². The van der Waals surface area contributed by atoms with Crippen LogP contribution in [0.1, 0.15) is 0 Å². The van der Waals surface area contributed by atoms with E-state index in [1.54, 1.807) is 24.3 Å². The number of hydrogen-bond acceptors (Lipinski definition) is 3. The Labute approximate surface area is 103 Å². The Balaban J connectivity index is 1.96. The van der Waals surface area contributed by atoms with Crippen molar-refractivity contribution in [1.82, 2.24) is 10.2 Å². The van der Waals surface area contributed by atoms with Gasteiger partial charge in [0, 0.05) is 6.54 Å². The number of nitrogens with zero attached hydrogens (tertiary/aromatic N) is 2. The van der Waals surface area contributed by atoms with Crippen LogP contribution in [-0.2, 0) is 9.59 Å². The average molecular weight is 245 g/mol. The lowest BCUT2D eigenvalue weighted by Gasteiger charge is -2.26. The molecule has 1 aromatic rings. The SMILES string of the molecule is O=C1CN2C(=O)N(c3ccccc3)C(=O)C2CN1. The molecular formula is C12H11N3O3. The summed E-state index contributed by atoms with van der Waals surface area (Å²) in [6.07, 6.45) is 0. The highest BCUT2D eigenvalue weighted by Gasteiger charge is 2.48. The van der Waals surface area contributed by atoms with Gasteiger partial charge < -0.3 is 10.2 Å². The van der Waals surface area contributed by atoms with E-state index in [0.29, 0.717) is 5.69 Å². The second kappa shape index (κ2) is 3.83. The zero-order chi connectivity index (χ0) is 12.7. The van der Waals surface area contributed by atoms with E-state index in [1.165, 1.54) is 4.90 Å². The minimum Gasteiger partial charge on any atom is -0.352 e. The fourth-order valence-electron chi connectivity index (χ4n) is 2.25. The first-order valence-electron chi connectivity index (χ1n) is 5.65. The first kappa shape index (κ1) is 10.8. The number of carbonyl (C=O) groups excluding carboxylic acids is 3. The molecule has 1 N–H and O–H groups in total. The van der Waals surface area contributed by atoms with Gasteiger partial charge in [-0.2, -0.15) is 0 Å². The number of para-hydroxylation sites is 1. The Hall–Kier alpha value is -2.37. The van der Waals surface area contributed by atoms with E-state index >= 15 is 0 Å². The van der Waals surface area contributed by atoms with Crippen LogP contribution in [0.15, 0.2) is 30.3 Å². The van der Waals surface area contributed by atoms with Gasteiger partial charge in [0.05, 0.1) is 5.69 Å². The van der Waals surface area contributed by atoms with E-state index in [0.717, 1.165) is 4.90 Å². The molecule has 0 bridgehead atoms. The molecular weight excluding hydrogens is 234 g/mol.